The van der Waals surface area contributed by atoms with Crippen LogP contribution in [0, 0.1) is 0 Å². The van der Waals surface area contributed by atoms with Crippen molar-refractivity contribution in [3.8, 4) is 11.1 Å². The lowest BCUT2D eigenvalue weighted by molar-refractivity contribution is -0.121. The molecular formula is C19H14ClNO2S. The first-order valence-corrected chi connectivity index (χ1v) is 8.81. The van der Waals surface area contributed by atoms with Gasteiger partial charge in [-0.1, -0.05) is 35.9 Å². The summed E-state index contributed by atoms with van der Waals surface area (Å²) in [4.78, 5) is 13.0. The average Bonchev–Trinajstić information content (AvgIpc) is 3.05. The summed E-state index contributed by atoms with van der Waals surface area (Å²) in [5, 5.41) is 5.63. The highest BCUT2D eigenvalue weighted by molar-refractivity contribution is 7.10. The summed E-state index contributed by atoms with van der Waals surface area (Å²) in [7, 11) is 0. The van der Waals surface area contributed by atoms with E-state index < -0.39 is 0 Å². The fraction of sp³-hybridized carbons (Fsp3) is 0.105. The van der Waals surface area contributed by atoms with E-state index in [2.05, 4.69) is 11.4 Å². The Labute approximate surface area is 148 Å². The Balaban J connectivity index is 1.84. The lowest BCUT2D eigenvalue weighted by Gasteiger charge is -2.17. The van der Waals surface area contributed by atoms with Gasteiger partial charge in [-0.15, -0.1) is 11.3 Å². The van der Waals surface area contributed by atoms with Crippen LogP contribution in [0.2, 0.25) is 5.02 Å². The molecule has 3 aromatic rings. The van der Waals surface area contributed by atoms with Crippen molar-refractivity contribution in [2.24, 2.45) is 0 Å². The Hall–Kier alpha value is -2.14. The molecule has 1 unspecified atom stereocenters. The summed E-state index contributed by atoms with van der Waals surface area (Å²) in [5.74, 6) is -0.134. The van der Waals surface area contributed by atoms with Gasteiger partial charge in [-0.2, -0.15) is 0 Å². The SMILES string of the molecule is O=C1COC(c2cccs2)c2cc(-c3cccc(Cl)c3)ccc2N1. The van der Waals surface area contributed by atoms with E-state index in [4.69, 9.17) is 16.3 Å². The van der Waals surface area contributed by atoms with Crippen molar-refractivity contribution in [3.63, 3.8) is 0 Å². The molecule has 2 aromatic carbocycles. The Morgan fingerprint density at radius 3 is 2.75 bits per heavy atom. The molecule has 0 saturated heterocycles. The third-order valence-corrected chi connectivity index (χ3v) is 5.10. The van der Waals surface area contributed by atoms with E-state index in [1.165, 1.54) is 0 Å². The molecule has 0 spiro atoms. The third-order valence-electron chi connectivity index (χ3n) is 3.95. The van der Waals surface area contributed by atoms with Crippen molar-refractivity contribution in [2.75, 3.05) is 11.9 Å². The van der Waals surface area contributed by atoms with Crippen LogP contribution < -0.4 is 5.32 Å². The van der Waals surface area contributed by atoms with Crippen LogP contribution in [0.15, 0.2) is 60.0 Å². The Bertz CT molecular complexity index is 892. The number of hydrogen-bond donors (Lipinski definition) is 1. The van der Waals surface area contributed by atoms with Crippen molar-refractivity contribution in [2.45, 2.75) is 6.10 Å². The second-order valence-electron chi connectivity index (χ2n) is 5.57. The van der Waals surface area contributed by atoms with E-state index >= 15 is 0 Å². The van der Waals surface area contributed by atoms with Gasteiger partial charge in [-0.3, -0.25) is 4.79 Å². The first kappa shape index (κ1) is 15.4. The number of nitrogens with one attached hydrogen (secondary N) is 1. The number of carbonyl (C=O) groups excluding carboxylic acids is 1. The predicted octanol–water partition coefficient (Wildman–Crippen LogP) is 5.13. The summed E-state index contributed by atoms with van der Waals surface area (Å²) in [6.45, 7) is 0.0454. The Morgan fingerprint density at radius 2 is 1.96 bits per heavy atom. The van der Waals surface area contributed by atoms with Gasteiger partial charge in [-0.05, 0) is 46.8 Å². The maximum atomic E-state index is 11.9. The zero-order chi connectivity index (χ0) is 16.5. The monoisotopic (exact) mass is 355 g/mol. The maximum absolute atomic E-state index is 11.9. The highest BCUT2D eigenvalue weighted by atomic mass is 35.5. The molecule has 1 N–H and O–H groups in total. The van der Waals surface area contributed by atoms with Crippen molar-refractivity contribution < 1.29 is 9.53 Å². The highest BCUT2D eigenvalue weighted by Gasteiger charge is 2.25. The second kappa shape index (κ2) is 6.40. The van der Waals surface area contributed by atoms with Crippen molar-refractivity contribution in [1.29, 1.82) is 0 Å². The van der Waals surface area contributed by atoms with E-state index in [-0.39, 0.29) is 18.6 Å². The smallest absolute Gasteiger partial charge is 0.250 e. The largest absolute Gasteiger partial charge is 0.358 e. The highest BCUT2D eigenvalue weighted by Crippen LogP contribution is 2.38. The molecule has 1 aromatic heterocycles. The molecule has 1 atom stereocenters. The standard InChI is InChI=1S/C19H14ClNO2S/c20-14-4-1-3-12(9-14)13-6-7-16-15(10-13)19(17-5-2-8-24-17)23-11-18(22)21-16/h1-10,19H,11H2,(H,21,22). The minimum atomic E-state index is -0.252. The number of halogens is 1. The molecule has 0 fully saturated rings. The van der Waals surface area contributed by atoms with Crippen molar-refractivity contribution in [3.05, 3.63) is 75.4 Å². The lowest BCUT2D eigenvalue weighted by Crippen LogP contribution is -2.15. The molecule has 1 aliphatic heterocycles. The minimum Gasteiger partial charge on any atom is -0.358 e. The van der Waals surface area contributed by atoms with Gasteiger partial charge in [0, 0.05) is 21.2 Å². The normalized spacial score (nSPS) is 17.0. The first-order valence-electron chi connectivity index (χ1n) is 7.55. The number of amides is 1. The van der Waals surface area contributed by atoms with Gasteiger partial charge in [0.1, 0.15) is 12.7 Å². The predicted molar refractivity (Wildman–Crippen MR) is 97.6 cm³/mol. The Morgan fingerprint density at radius 1 is 1.08 bits per heavy atom. The number of rotatable bonds is 2. The lowest BCUT2D eigenvalue weighted by atomic mass is 9.98. The zero-order valence-electron chi connectivity index (χ0n) is 12.7. The van der Waals surface area contributed by atoms with E-state index in [1.54, 1.807) is 11.3 Å². The molecule has 4 rings (SSSR count). The van der Waals surface area contributed by atoms with E-state index in [0.717, 1.165) is 27.3 Å². The molecule has 5 heteroatoms. The molecule has 0 saturated carbocycles. The number of hydrogen-bond acceptors (Lipinski definition) is 3. The summed E-state index contributed by atoms with van der Waals surface area (Å²) in [6.07, 6.45) is -0.252. The molecular weight excluding hydrogens is 342 g/mol. The van der Waals surface area contributed by atoms with Crippen LogP contribution in [-0.4, -0.2) is 12.5 Å². The average molecular weight is 356 g/mol. The minimum absolute atomic E-state index is 0.0454. The van der Waals surface area contributed by atoms with Crippen LogP contribution in [-0.2, 0) is 9.53 Å². The van der Waals surface area contributed by atoms with Crippen molar-refractivity contribution >= 4 is 34.5 Å². The van der Waals surface area contributed by atoms with Gasteiger partial charge in [-0.25, -0.2) is 0 Å². The number of fused-ring (bicyclic) bond motifs is 1. The van der Waals surface area contributed by atoms with E-state index in [1.807, 2.05) is 53.9 Å². The van der Waals surface area contributed by atoms with Crippen LogP contribution in [0.3, 0.4) is 0 Å². The van der Waals surface area contributed by atoms with Crippen molar-refractivity contribution in [1.82, 2.24) is 0 Å². The number of ether oxygens (including phenoxy) is 1. The summed E-state index contributed by atoms with van der Waals surface area (Å²) < 4.78 is 5.87. The van der Waals surface area contributed by atoms with Crippen LogP contribution in [0.5, 0.6) is 0 Å². The quantitative estimate of drug-likeness (QED) is 0.692. The molecule has 0 aliphatic carbocycles. The van der Waals surface area contributed by atoms with Crippen LogP contribution >= 0.6 is 22.9 Å². The van der Waals surface area contributed by atoms with Gasteiger partial charge < -0.3 is 10.1 Å². The molecule has 1 aliphatic rings. The molecule has 1 amide bonds. The summed E-state index contributed by atoms with van der Waals surface area (Å²) >= 11 is 7.74. The second-order valence-corrected chi connectivity index (χ2v) is 6.98. The number of carbonyl (C=O) groups is 1. The summed E-state index contributed by atoms with van der Waals surface area (Å²) in [6, 6.07) is 17.7. The topological polar surface area (TPSA) is 38.3 Å². The molecule has 3 nitrogen and oxygen atoms in total. The third kappa shape index (κ3) is 2.96. The maximum Gasteiger partial charge on any atom is 0.250 e. The van der Waals surface area contributed by atoms with Gasteiger partial charge in [0.15, 0.2) is 0 Å². The van der Waals surface area contributed by atoms with E-state index in [9.17, 15) is 4.79 Å². The van der Waals surface area contributed by atoms with E-state index in [0.29, 0.717) is 5.02 Å². The van der Waals surface area contributed by atoms with Crippen LogP contribution in [0.25, 0.3) is 11.1 Å². The zero-order valence-corrected chi connectivity index (χ0v) is 14.2. The Kier molecular flexibility index (Phi) is 4.10. The van der Waals surface area contributed by atoms with Crippen LogP contribution in [0.4, 0.5) is 5.69 Å². The van der Waals surface area contributed by atoms with Gasteiger partial charge >= 0.3 is 0 Å². The fourth-order valence-electron chi connectivity index (χ4n) is 2.85. The van der Waals surface area contributed by atoms with Gasteiger partial charge in [0.25, 0.3) is 0 Å². The molecule has 2 heterocycles. The number of thiophene rings is 1. The molecule has 120 valence electrons. The number of benzene rings is 2. The molecule has 0 radical (unpaired) electrons. The summed E-state index contributed by atoms with van der Waals surface area (Å²) in [5.41, 5.74) is 3.82. The molecule has 0 bridgehead atoms. The number of anilines is 1. The first-order chi connectivity index (χ1) is 11.7. The van der Waals surface area contributed by atoms with Gasteiger partial charge in [0.05, 0.1) is 0 Å². The fourth-order valence-corrected chi connectivity index (χ4v) is 3.83. The van der Waals surface area contributed by atoms with Gasteiger partial charge in [0.2, 0.25) is 5.91 Å². The molecule has 24 heavy (non-hydrogen) atoms. The van der Waals surface area contributed by atoms with Crippen LogP contribution in [0.1, 0.15) is 16.5 Å².